The number of rotatable bonds is 3. The summed E-state index contributed by atoms with van der Waals surface area (Å²) < 4.78 is 25.9. The Morgan fingerprint density at radius 2 is 2.00 bits per heavy atom. The first-order valence-electron chi connectivity index (χ1n) is 5.87. The van der Waals surface area contributed by atoms with Crippen molar-refractivity contribution >= 4 is 26.4 Å². The molecule has 4 nitrogen and oxygen atoms in total. The number of nitrogens with two attached hydrogens (primary N) is 1. The molecule has 1 aromatic heterocycles. The van der Waals surface area contributed by atoms with Gasteiger partial charge in [-0.3, -0.25) is 0 Å². The number of hydrogen-bond donors (Lipinski definition) is 1. The number of nitrogen functional groups attached to an aromatic ring is 1. The van der Waals surface area contributed by atoms with Gasteiger partial charge in [-0.25, -0.2) is 8.42 Å². The van der Waals surface area contributed by atoms with Crippen molar-refractivity contribution in [2.24, 2.45) is 7.05 Å². The Morgan fingerprint density at radius 1 is 1.33 bits per heavy atom. The summed E-state index contributed by atoms with van der Waals surface area (Å²) in [6, 6.07) is 5.61. The lowest BCUT2D eigenvalue weighted by atomic mass is 10.1. The lowest BCUT2D eigenvalue weighted by Gasteiger charge is -2.07. The van der Waals surface area contributed by atoms with E-state index in [1.807, 2.05) is 29.9 Å². The van der Waals surface area contributed by atoms with Crippen molar-refractivity contribution in [3.63, 3.8) is 0 Å². The average molecular weight is 266 g/mol. The molecule has 0 unspecified atom stereocenters. The molecule has 0 saturated heterocycles. The number of aryl methyl sites for hydroxylation is 1. The minimum absolute atomic E-state index is 0.0379. The van der Waals surface area contributed by atoms with Gasteiger partial charge >= 0.3 is 0 Å². The number of sulfone groups is 1. The molecule has 0 bridgehead atoms. The molecule has 2 N–H and O–H groups in total. The van der Waals surface area contributed by atoms with Crippen LogP contribution in [0.3, 0.4) is 0 Å². The van der Waals surface area contributed by atoms with Crippen LogP contribution in [0, 0.1) is 0 Å². The maximum atomic E-state index is 12.0. The fourth-order valence-electron chi connectivity index (χ4n) is 2.06. The van der Waals surface area contributed by atoms with E-state index in [1.165, 1.54) is 0 Å². The van der Waals surface area contributed by atoms with Crippen LogP contribution in [0.15, 0.2) is 24.4 Å². The second kappa shape index (κ2) is 4.31. The van der Waals surface area contributed by atoms with Crippen molar-refractivity contribution in [1.29, 1.82) is 0 Å². The highest BCUT2D eigenvalue weighted by molar-refractivity contribution is 7.91. The minimum Gasteiger partial charge on any atom is -0.398 e. The van der Waals surface area contributed by atoms with Crippen molar-refractivity contribution in [3.8, 4) is 0 Å². The summed E-state index contributed by atoms with van der Waals surface area (Å²) in [6.45, 7) is 3.40. The largest absolute Gasteiger partial charge is 0.398 e. The molecule has 1 heterocycles. The number of benzene rings is 1. The summed E-state index contributed by atoms with van der Waals surface area (Å²) in [5, 5.41) is 0.474. The first-order valence-corrected chi connectivity index (χ1v) is 7.58. The molecule has 1 aromatic carbocycles. The number of fused-ring (bicyclic) bond motifs is 1. The van der Waals surface area contributed by atoms with Crippen LogP contribution in [0.4, 0.5) is 5.69 Å². The Hall–Kier alpha value is -1.49. The van der Waals surface area contributed by atoms with Crippen LogP contribution in [-0.4, -0.2) is 18.2 Å². The molecule has 0 radical (unpaired) electrons. The second-order valence-corrected chi connectivity index (χ2v) is 7.42. The van der Waals surface area contributed by atoms with Crippen LogP contribution in [0.2, 0.25) is 0 Å². The van der Waals surface area contributed by atoms with E-state index in [0.29, 0.717) is 5.69 Å². The van der Waals surface area contributed by atoms with E-state index >= 15 is 0 Å². The second-order valence-electron chi connectivity index (χ2n) is 4.86. The van der Waals surface area contributed by atoms with Gasteiger partial charge in [-0.05, 0) is 31.5 Å². The molecule has 98 valence electrons. The van der Waals surface area contributed by atoms with Crippen LogP contribution >= 0.6 is 0 Å². The third-order valence-electron chi connectivity index (χ3n) is 3.20. The SMILES string of the molecule is CC(C)S(=O)(=O)Cc1cn(C)c2cccc(N)c12. The van der Waals surface area contributed by atoms with Gasteiger partial charge in [0.05, 0.1) is 16.5 Å². The standard InChI is InChI=1S/C13H18N2O2S/c1-9(2)18(16,17)8-10-7-15(3)12-6-4-5-11(14)13(10)12/h4-7,9H,8,14H2,1-3H3. The molecule has 0 saturated carbocycles. The molecule has 0 aliphatic carbocycles. The van der Waals surface area contributed by atoms with Gasteiger partial charge in [0.1, 0.15) is 0 Å². The maximum absolute atomic E-state index is 12.0. The molecule has 0 amide bonds. The lowest BCUT2D eigenvalue weighted by Crippen LogP contribution is -2.15. The molecule has 5 heteroatoms. The van der Waals surface area contributed by atoms with E-state index in [0.717, 1.165) is 16.5 Å². The molecule has 0 aliphatic heterocycles. The molecular weight excluding hydrogens is 248 g/mol. The zero-order valence-corrected chi connectivity index (χ0v) is 11.7. The summed E-state index contributed by atoms with van der Waals surface area (Å²) in [5.41, 5.74) is 8.32. The highest BCUT2D eigenvalue weighted by Gasteiger charge is 2.20. The van der Waals surface area contributed by atoms with Gasteiger partial charge in [0, 0.05) is 24.3 Å². The van der Waals surface area contributed by atoms with Gasteiger partial charge in [-0.2, -0.15) is 0 Å². The fraction of sp³-hybridized carbons (Fsp3) is 0.385. The zero-order chi connectivity index (χ0) is 13.5. The number of anilines is 1. The zero-order valence-electron chi connectivity index (χ0n) is 10.8. The van der Waals surface area contributed by atoms with Crippen molar-refractivity contribution in [2.45, 2.75) is 24.9 Å². The molecule has 18 heavy (non-hydrogen) atoms. The third kappa shape index (κ3) is 2.10. The average Bonchev–Trinajstić information content (AvgIpc) is 2.56. The van der Waals surface area contributed by atoms with Crippen molar-refractivity contribution in [1.82, 2.24) is 4.57 Å². The first-order chi connectivity index (χ1) is 8.33. The van der Waals surface area contributed by atoms with Gasteiger partial charge in [0.15, 0.2) is 9.84 Å². The van der Waals surface area contributed by atoms with Gasteiger partial charge < -0.3 is 10.3 Å². The van der Waals surface area contributed by atoms with E-state index in [2.05, 4.69) is 0 Å². The van der Waals surface area contributed by atoms with Gasteiger partial charge in [-0.15, -0.1) is 0 Å². The first kappa shape index (κ1) is 13.0. The topological polar surface area (TPSA) is 65.1 Å². The summed E-state index contributed by atoms with van der Waals surface area (Å²) in [6.07, 6.45) is 1.85. The van der Waals surface area contributed by atoms with E-state index in [1.54, 1.807) is 19.9 Å². The minimum atomic E-state index is -3.12. The number of hydrogen-bond acceptors (Lipinski definition) is 3. The molecule has 0 fully saturated rings. The van der Waals surface area contributed by atoms with Crippen LogP contribution in [0.5, 0.6) is 0 Å². The van der Waals surface area contributed by atoms with Crippen LogP contribution in [-0.2, 0) is 22.6 Å². The quantitative estimate of drug-likeness (QED) is 0.865. The number of aromatic nitrogens is 1. The maximum Gasteiger partial charge on any atom is 0.156 e. The molecule has 2 aromatic rings. The van der Waals surface area contributed by atoms with E-state index in [4.69, 9.17) is 5.73 Å². The predicted molar refractivity (Wildman–Crippen MR) is 75.1 cm³/mol. The smallest absolute Gasteiger partial charge is 0.156 e. The lowest BCUT2D eigenvalue weighted by molar-refractivity contribution is 0.586. The Bertz CT molecular complexity index is 684. The Balaban J connectivity index is 2.60. The summed E-state index contributed by atoms with van der Waals surface area (Å²) in [7, 11) is -1.22. The van der Waals surface area contributed by atoms with Crippen molar-refractivity contribution in [3.05, 3.63) is 30.0 Å². The monoisotopic (exact) mass is 266 g/mol. The number of nitrogens with zero attached hydrogens (tertiary/aromatic N) is 1. The van der Waals surface area contributed by atoms with E-state index in [9.17, 15) is 8.42 Å². The molecule has 0 spiro atoms. The highest BCUT2D eigenvalue weighted by atomic mass is 32.2. The molecule has 2 rings (SSSR count). The van der Waals surface area contributed by atoms with E-state index in [-0.39, 0.29) is 11.0 Å². The molecule has 0 aliphatic rings. The van der Waals surface area contributed by atoms with E-state index < -0.39 is 9.84 Å². The Kier molecular flexibility index (Phi) is 3.11. The Morgan fingerprint density at radius 3 is 2.61 bits per heavy atom. The van der Waals surface area contributed by atoms with Crippen LogP contribution in [0.1, 0.15) is 19.4 Å². The normalized spacial score (nSPS) is 12.4. The molecular formula is C13H18N2O2S. The summed E-state index contributed by atoms with van der Waals surface area (Å²) >= 11 is 0. The predicted octanol–water partition coefficient (Wildman–Crippen LogP) is 2.08. The summed E-state index contributed by atoms with van der Waals surface area (Å²) in [5.74, 6) is 0.0379. The van der Waals surface area contributed by atoms with Crippen LogP contribution in [0.25, 0.3) is 10.9 Å². The Labute approximate surface area is 107 Å². The fourth-order valence-corrected chi connectivity index (χ4v) is 3.05. The van der Waals surface area contributed by atoms with Crippen LogP contribution < -0.4 is 5.73 Å². The summed E-state index contributed by atoms with van der Waals surface area (Å²) in [4.78, 5) is 0. The molecule has 0 atom stereocenters. The van der Waals surface area contributed by atoms with Gasteiger partial charge in [0.25, 0.3) is 0 Å². The third-order valence-corrected chi connectivity index (χ3v) is 5.35. The van der Waals surface area contributed by atoms with Crippen molar-refractivity contribution in [2.75, 3.05) is 5.73 Å². The highest BCUT2D eigenvalue weighted by Crippen LogP contribution is 2.28. The van der Waals surface area contributed by atoms with Crippen molar-refractivity contribution < 1.29 is 8.42 Å². The van der Waals surface area contributed by atoms with Gasteiger partial charge in [-0.1, -0.05) is 6.07 Å². The van der Waals surface area contributed by atoms with Gasteiger partial charge in [0.2, 0.25) is 0 Å².